The third kappa shape index (κ3) is 5.09. The molecule has 2 aromatic heterocycles. The van der Waals surface area contributed by atoms with E-state index in [-0.39, 0.29) is 11.6 Å². The molecule has 4 aromatic rings. The maximum atomic E-state index is 13.2. The number of thiophene rings is 1. The Labute approximate surface area is 230 Å². The van der Waals surface area contributed by atoms with Crippen molar-refractivity contribution in [2.24, 2.45) is 0 Å². The van der Waals surface area contributed by atoms with Gasteiger partial charge in [0.1, 0.15) is 16.5 Å². The molecule has 0 N–H and O–H groups in total. The summed E-state index contributed by atoms with van der Waals surface area (Å²) in [5.74, 6) is 1.60. The van der Waals surface area contributed by atoms with Gasteiger partial charge in [0.2, 0.25) is 0 Å². The van der Waals surface area contributed by atoms with Crippen molar-refractivity contribution in [3.63, 3.8) is 0 Å². The maximum absolute atomic E-state index is 13.2. The highest BCUT2D eigenvalue weighted by Gasteiger charge is 2.29. The fraction of sp³-hybridized carbons (Fsp3) is 0.345. The summed E-state index contributed by atoms with van der Waals surface area (Å²) < 4.78 is 0. The van der Waals surface area contributed by atoms with E-state index in [9.17, 15) is 14.9 Å². The lowest BCUT2D eigenvalue weighted by molar-refractivity contribution is -0.384. The van der Waals surface area contributed by atoms with Crippen LogP contribution < -0.4 is 4.90 Å². The topological polar surface area (TPSA) is 95.7 Å². The molecule has 1 fully saturated rings. The summed E-state index contributed by atoms with van der Waals surface area (Å²) in [6, 6.07) is 16.3. The molecule has 1 amide bonds. The number of carbonyl (C=O) groups is 1. The number of nitro groups is 1. The number of nitrogens with zero attached hydrogens (tertiary/aromatic N) is 6. The molecule has 0 unspecified atom stereocenters. The summed E-state index contributed by atoms with van der Waals surface area (Å²) in [6.07, 6.45) is 1.65. The standard InChI is InChI=1S/C29H30N6O3S/c1-2-32-12-11-23-24(19-32)39-28-26(23)27(30-25(31-28)17-20-7-4-3-5-8-20)33-13-15-34(16-14-33)29(36)21-9-6-10-22(18-21)35(37)38/h3-10,18H,2,11-17,19H2,1H3. The lowest BCUT2D eigenvalue weighted by atomic mass is 10.0. The van der Waals surface area contributed by atoms with Crippen molar-refractivity contribution in [1.29, 1.82) is 0 Å². The highest BCUT2D eigenvalue weighted by atomic mass is 32.1. The monoisotopic (exact) mass is 542 g/mol. The summed E-state index contributed by atoms with van der Waals surface area (Å²) in [5.41, 5.74) is 2.82. The number of non-ortho nitro benzene ring substituents is 1. The van der Waals surface area contributed by atoms with Crippen LogP contribution in [0.25, 0.3) is 10.2 Å². The molecule has 2 aliphatic rings. The van der Waals surface area contributed by atoms with E-state index in [4.69, 9.17) is 9.97 Å². The highest BCUT2D eigenvalue weighted by molar-refractivity contribution is 7.19. The molecular formula is C29H30N6O3S. The quantitative estimate of drug-likeness (QED) is 0.261. The van der Waals surface area contributed by atoms with E-state index >= 15 is 0 Å². The van der Waals surface area contributed by atoms with Crippen LogP contribution in [0.1, 0.15) is 39.1 Å². The number of piperazine rings is 1. The second-order valence-corrected chi connectivity index (χ2v) is 11.1. The average molecular weight is 543 g/mol. The molecule has 0 aliphatic carbocycles. The number of hydrogen-bond donors (Lipinski definition) is 0. The molecule has 2 aromatic carbocycles. The van der Waals surface area contributed by atoms with Crippen LogP contribution in [0.4, 0.5) is 11.5 Å². The van der Waals surface area contributed by atoms with Gasteiger partial charge in [-0.2, -0.15) is 0 Å². The van der Waals surface area contributed by atoms with Crippen molar-refractivity contribution >= 4 is 39.0 Å². The first kappa shape index (κ1) is 25.4. The Hall–Kier alpha value is -3.89. The van der Waals surface area contributed by atoms with Crippen LogP contribution in [-0.4, -0.2) is 69.9 Å². The van der Waals surface area contributed by atoms with Crippen molar-refractivity contribution < 1.29 is 9.72 Å². The minimum Gasteiger partial charge on any atom is -0.352 e. The SMILES string of the molecule is CCN1CCc2c(sc3nc(Cc4ccccc4)nc(N4CCN(C(=O)c5cccc([N+](=O)[O-])c5)CC4)c23)C1. The first-order valence-electron chi connectivity index (χ1n) is 13.4. The highest BCUT2D eigenvalue weighted by Crippen LogP contribution is 2.39. The van der Waals surface area contributed by atoms with Gasteiger partial charge in [-0.15, -0.1) is 11.3 Å². The smallest absolute Gasteiger partial charge is 0.270 e. The first-order valence-corrected chi connectivity index (χ1v) is 14.2. The molecule has 0 spiro atoms. The number of aromatic nitrogens is 2. The van der Waals surface area contributed by atoms with E-state index in [0.717, 1.165) is 42.5 Å². The molecule has 0 radical (unpaired) electrons. The Balaban J connectivity index is 1.29. The number of fused-ring (bicyclic) bond motifs is 3. The number of nitro benzene ring substituents is 1. The van der Waals surface area contributed by atoms with Crippen molar-refractivity contribution in [2.75, 3.05) is 44.2 Å². The predicted molar refractivity (Wildman–Crippen MR) is 153 cm³/mol. The van der Waals surface area contributed by atoms with Gasteiger partial charge >= 0.3 is 0 Å². The summed E-state index contributed by atoms with van der Waals surface area (Å²) in [5, 5.41) is 12.3. The average Bonchev–Trinajstić information content (AvgIpc) is 3.34. The fourth-order valence-electron chi connectivity index (χ4n) is 5.48. The molecule has 10 heteroatoms. The second-order valence-electron chi connectivity index (χ2n) is 10.0. The van der Waals surface area contributed by atoms with Crippen molar-refractivity contribution in [1.82, 2.24) is 19.8 Å². The third-order valence-electron chi connectivity index (χ3n) is 7.63. The summed E-state index contributed by atoms with van der Waals surface area (Å²) in [6.45, 7) is 7.56. The molecule has 2 aliphatic heterocycles. The van der Waals surface area contributed by atoms with Crippen LogP contribution in [0.2, 0.25) is 0 Å². The Kier molecular flexibility index (Phi) is 6.97. The lowest BCUT2D eigenvalue weighted by Crippen LogP contribution is -2.49. The second kappa shape index (κ2) is 10.7. The molecule has 4 heterocycles. The van der Waals surface area contributed by atoms with Gasteiger partial charge in [0, 0.05) is 68.3 Å². The van der Waals surface area contributed by atoms with Crippen LogP contribution in [0.15, 0.2) is 54.6 Å². The van der Waals surface area contributed by atoms with Crippen LogP contribution >= 0.6 is 11.3 Å². The predicted octanol–water partition coefficient (Wildman–Crippen LogP) is 4.53. The Morgan fingerprint density at radius 2 is 1.82 bits per heavy atom. The van der Waals surface area contributed by atoms with Gasteiger partial charge in [0.15, 0.2) is 0 Å². The molecule has 200 valence electrons. The van der Waals surface area contributed by atoms with E-state index < -0.39 is 4.92 Å². The molecule has 0 bridgehead atoms. The molecule has 0 saturated carbocycles. The van der Waals surface area contributed by atoms with E-state index in [1.54, 1.807) is 28.4 Å². The zero-order valence-electron chi connectivity index (χ0n) is 21.9. The van der Waals surface area contributed by atoms with Gasteiger partial charge in [0.25, 0.3) is 11.6 Å². The number of carbonyl (C=O) groups excluding carboxylic acids is 1. The fourth-order valence-corrected chi connectivity index (χ4v) is 6.76. The van der Waals surface area contributed by atoms with Crippen molar-refractivity contribution in [3.05, 3.63) is 92.1 Å². The largest absolute Gasteiger partial charge is 0.352 e. The van der Waals surface area contributed by atoms with E-state index in [1.165, 1.54) is 33.5 Å². The van der Waals surface area contributed by atoms with E-state index in [0.29, 0.717) is 38.2 Å². The van der Waals surface area contributed by atoms with Gasteiger partial charge in [-0.1, -0.05) is 43.3 Å². The van der Waals surface area contributed by atoms with Crippen LogP contribution in [0.5, 0.6) is 0 Å². The minimum absolute atomic E-state index is 0.0716. The third-order valence-corrected chi connectivity index (χ3v) is 8.74. The molecule has 6 rings (SSSR count). The Bertz CT molecular complexity index is 1530. The number of benzene rings is 2. The van der Waals surface area contributed by atoms with Gasteiger partial charge in [0.05, 0.1) is 10.3 Å². The maximum Gasteiger partial charge on any atom is 0.270 e. The Morgan fingerprint density at radius 1 is 1.03 bits per heavy atom. The van der Waals surface area contributed by atoms with Crippen LogP contribution in [0, 0.1) is 10.1 Å². The minimum atomic E-state index is -0.469. The number of rotatable bonds is 6. The first-order chi connectivity index (χ1) is 19.0. The zero-order chi connectivity index (χ0) is 26.9. The van der Waals surface area contributed by atoms with E-state index in [2.05, 4.69) is 28.9 Å². The van der Waals surface area contributed by atoms with Crippen molar-refractivity contribution in [2.45, 2.75) is 26.3 Å². The van der Waals surface area contributed by atoms with Gasteiger partial charge in [-0.3, -0.25) is 19.8 Å². The van der Waals surface area contributed by atoms with Gasteiger partial charge in [-0.25, -0.2) is 9.97 Å². The molecule has 1 saturated heterocycles. The molecule has 0 atom stereocenters. The molecular weight excluding hydrogens is 512 g/mol. The van der Waals surface area contributed by atoms with Gasteiger partial charge in [-0.05, 0) is 30.2 Å². The van der Waals surface area contributed by atoms with Crippen molar-refractivity contribution in [3.8, 4) is 0 Å². The summed E-state index contributed by atoms with van der Waals surface area (Å²) in [7, 11) is 0. The van der Waals surface area contributed by atoms with Crippen LogP contribution in [-0.2, 0) is 19.4 Å². The van der Waals surface area contributed by atoms with Gasteiger partial charge < -0.3 is 9.80 Å². The molecule has 9 nitrogen and oxygen atoms in total. The van der Waals surface area contributed by atoms with Crippen LogP contribution in [0.3, 0.4) is 0 Å². The number of anilines is 1. The number of likely N-dealkylation sites (N-methyl/N-ethyl adjacent to an activating group) is 1. The summed E-state index contributed by atoms with van der Waals surface area (Å²) >= 11 is 1.79. The van der Waals surface area contributed by atoms with E-state index in [1.807, 2.05) is 18.2 Å². The molecule has 39 heavy (non-hydrogen) atoms. The Morgan fingerprint density at radius 3 is 2.56 bits per heavy atom. The zero-order valence-corrected chi connectivity index (χ0v) is 22.7. The number of amides is 1. The summed E-state index contributed by atoms with van der Waals surface area (Å²) in [4.78, 5) is 43.0. The lowest BCUT2D eigenvalue weighted by Gasteiger charge is -2.36. The normalized spacial score (nSPS) is 15.9. The number of hydrogen-bond acceptors (Lipinski definition) is 8.